The van der Waals surface area contributed by atoms with Crippen molar-refractivity contribution < 1.29 is 4.58 Å². The Morgan fingerprint density at radius 1 is 1.25 bits per heavy atom. The topological polar surface area (TPSA) is 25.1 Å². The molecule has 0 N–H and O–H groups in total. The molecule has 1 aliphatic rings. The first-order valence-corrected chi connectivity index (χ1v) is 5.66. The summed E-state index contributed by atoms with van der Waals surface area (Å²) < 4.78 is 2.20. The summed E-state index contributed by atoms with van der Waals surface area (Å²) in [4.78, 5) is 11.0. The zero-order valence-corrected chi connectivity index (χ0v) is 11.4. The average molecular weight is 226 g/mol. The molecule has 0 bridgehead atoms. The molecule has 0 aromatic heterocycles. The third kappa shape index (κ3) is 2.87. The number of nitrogens with zero attached hydrogens (tertiary/aromatic N) is 5. The summed E-state index contributed by atoms with van der Waals surface area (Å²) in [7, 11) is 12.3. The van der Waals surface area contributed by atoms with Crippen molar-refractivity contribution >= 4 is 11.9 Å². The number of hydrogen-bond donors (Lipinski definition) is 0. The lowest BCUT2D eigenvalue weighted by atomic mass is 10.3. The number of guanidine groups is 2. The fourth-order valence-electron chi connectivity index (χ4n) is 1.90. The van der Waals surface area contributed by atoms with E-state index in [9.17, 15) is 0 Å². The molecule has 16 heavy (non-hydrogen) atoms. The minimum Gasteiger partial charge on any atom is -0.335 e. The Hall–Kier alpha value is -1.26. The van der Waals surface area contributed by atoms with Crippen LogP contribution in [0.4, 0.5) is 0 Å². The first kappa shape index (κ1) is 12.8. The van der Waals surface area contributed by atoms with Gasteiger partial charge in [0.05, 0.1) is 27.2 Å². The molecule has 0 unspecified atom stereocenters. The molecule has 0 amide bonds. The highest BCUT2D eigenvalue weighted by atomic mass is 15.4. The van der Waals surface area contributed by atoms with E-state index >= 15 is 0 Å². The van der Waals surface area contributed by atoms with E-state index in [-0.39, 0.29) is 0 Å². The predicted molar refractivity (Wildman–Crippen MR) is 68.1 cm³/mol. The largest absolute Gasteiger partial charge is 0.392 e. The molecule has 0 saturated carbocycles. The molecule has 5 nitrogen and oxygen atoms in total. The fraction of sp³-hybridized carbons (Fsp3) is 0.818. The Labute approximate surface area is 98.7 Å². The SMILES string of the molecule is CN(C)C(=NC1=[N+](C)CCCN1C)N(C)C. The van der Waals surface area contributed by atoms with Crippen molar-refractivity contribution in [2.75, 3.05) is 55.4 Å². The van der Waals surface area contributed by atoms with E-state index < -0.39 is 0 Å². The van der Waals surface area contributed by atoms with Crippen molar-refractivity contribution in [1.29, 1.82) is 0 Å². The molecule has 0 aromatic carbocycles. The molecular formula is C11H24N5+. The Morgan fingerprint density at radius 3 is 2.25 bits per heavy atom. The molecule has 1 heterocycles. The van der Waals surface area contributed by atoms with Gasteiger partial charge in [-0.1, -0.05) is 0 Å². The zero-order valence-electron chi connectivity index (χ0n) is 11.4. The van der Waals surface area contributed by atoms with E-state index in [1.54, 1.807) is 0 Å². The van der Waals surface area contributed by atoms with Gasteiger partial charge in [-0.25, -0.2) is 0 Å². The van der Waals surface area contributed by atoms with Crippen LogP contribution in [0, 0.1) is 0 Å². The molecule has 1 rings (SSSR count). The van der Waals surface area contributed by atoms with Gasteiger partial charge in [0.2, 0.25) is 0 Å². The van der Waals surface area contributed by atoms with Gasteiger partial charge >= 0.3 is 5.96 Å². The smallest absolute Gasteiger partial charge is 0.335 e. The maximum Gasteiger partial charge on any atom is 0.392 e. The Bertz CT molecular complexity index is 293. The molecule has 0 spiro atoms. The second-order valence-electron chi connectivity index (χ2n) is 4.70. The summed E-state index contributed by atoms with van der Waals surface area (Å²) >= 11 is 0. The normalized spacial score (nSPS) is 16.2. The highest BCUT2D eigenvalue weighted by Gasteiger charge is 2.24. The van der Waals surface area contributed by atoms with Gasteiger partial charge in [0.1, 0.15) is 0 Å². The van der Waals surface area contributed by atoms with Gasteiger partial charge in [-0.2, -0.15) is 0 Å². The highest BCUT2D eigenvalue weighted by Crippen LogP contribution is 2.02. The van der Waals surface area contributed by atoms with Crippen LogP contribution in [0.3, 0.4) is 0 Å². The van der Waals surface area contributed by atoms with Crippen molar-refractivity contribution in [2.45, 2.75) is 6.42 Å². The van der Waals surface area contributed by atoms with E-state index in [2.05, 4.69) is 23.6 Å². The molecule has 0 fully saturated rings. The third-order valence-electron chi connectivity index (χ3n) is 2.67. The summed E-state index contributed by atoms with van der Waals surface area (Å²) in [5, 5.41) is 0. The lowest BCUT2D eigenvalue weighted by Crippen LogP contribution is -2.43. The Balaban J connectivity index is 3.03. The summed E-state index contributed by atoms with van der Waals surface area (Å²) in [6.45, 7) is 2.16. The van der Waals surface area contributed by atoms with Crippen molar-refractivity contribution in [3.63, 3.8) is 0 Å². The van der Waals surface area contributed by atoms with Crippen LogP contribution in [0.1, 0.15) is 6.42 Å². The van der Waals surface area contributed by atoms with Gasteiger partial charge in [0, 0.05) is 34.6 Å². The van der Waals surface area contributed by atoms with Crippen molar-refractivity contribution in [3.8, 4) is 0 Å². The first-order valence-electron chi connectivity index (χ1n) is 5.66. The molecule has 1 aliphatic heterocycles. The number of hydrogen-bond acceptors (Lipinski definition) is 2. The fourth-order valence-corrected chi connectivity index (χ4v) is 1.90. The summed E-state index contributed by atoms with van der Waals surface area (Å²) in [6, 6.07) is 0. The zero-order chi connectivity index (χ0) is 12.3. The maximum atomic E-state index is 4.73. The van der Waals surface area contributed by atoms with E-state index in [1.807, 2.05) is 38.0 Å². The van der Waals surface area contributed by atoms with Crippen LogP contribution in [-0.4, -0.2) is 86.6 Å². The Kier molecular flexibility index (Phi) is 4.15. The molecule has 0 aliphatic carbocycles. The average Bonchev–Trinajstić information content (AvgIpc) is 2.15. The summed E-state index contributed by atoms with van der Waals surface area (Å²) in [5.74, 6) is 2.01. The number of rotatable bonds is 0. The van der Waals surface area contributed by atoms with Crippen molar-refractivity contribution in [2.24, 2.45) is 4.99 Å². The summed E-state index contributed by atoms with van der Waals surface area (Å²) in [5.41, 5.74) is 0. The van der Waals surface area contributed by atoms with Crippen LogP contribution in [0.5, 0.6) is 0 Å². The number of aliphatic imine (C=N–C) groups is 1. The van der Waals surface area contributed by atoms with Crippen LogP contribution in [0.15, 0.2) is 4.99 Å². The molecular weight excluding hydrogens is 202 g/mol. The quantitative estimate of drug-likeness (QED) is 0.325. The van der Waals surface area contributed by atoms with Crippen LogP contribution in [-0.2, 0) is 0 Å². The Morgan fingerprint density at radius 2 is 1.81 bits per heavy atom. The van der Waals surface area contributed by atoms with E-state index in [1.165, 1.54) is 6.42 Å². The molecule has 0 saturated heterocycles. The monoisotopic (exact) mass is 226 g/mol. The highest BCUT2D eigenvalue weighted by molar-refractivity contribution is 5.92. The third-order valence-corrected chi connectivity index (χ3v) is 2.67. The van der Waals surface area contributed by atoms with Gasteiger partial charge in [-0.15, -0.1) is 0 Å². The molecule has 92 valence electrons. The second-order valence-corrected chi connectivity index (χ2v) is 4.70. The predicted octanol–water partition coefficient (Wildman–Crippen LogP) is -0.201. The molecule has 5 heteroatoms. The molecule has 0 radical (unpaired) electrons. The van der Waals surface area contributed by atoms with Gasteiger partial charge in [0.15, 0.2) is 0 Å². The van der Waals surface area contributed by atoms with Crippen LogP contribution in [0.2, 0.25) is 0 Å². The lowest BCUT2D eigenvalue weighted by molar-refractivity contribution is -0.509. The van der Waals surface area contributed by atoms with Crippen LogP contribution in [0.25, 0.3) is 0 Å². The van der Waals surface area contributed by atoms with Crippen molar-refractivity contribution in [3.05, 3.63) is 0 Å². The van der Waals surface area contributed by atoms with Gasteiger partial charge < -0.3 is 9.80 Å². The molecule has 0 atom stereocenters. The minimum atomic E-state index is 0.968. The standard InChI is InChI=1S/C11H24N5/c1-13(2)10(14(3)4)12-11-15(5)8-7-9-16(11)6/h7-9H2,1-6H3/q+1. The van der Waals surface area contributed by atoms with E-state index in [4.69, 9.17) is 4.99 Å². The van der Waals surface area contributed by atoms with Gasteiger partial charge in [-0.3, -0.25) is 9.48 Å². The molecule has 0 aromatic rings. The van der Waals surface area contributed by atoms with Gasteiger partial charge in [0.25, 0.3) is 5.96 Å². The first-order chi connectivity index (χ1) is 7.43. The maximum absolute atomic E-state index is 4.73. The van der Waals surface area contributed by atoms with Gasteiger partial charge in [-0.05, 0) is 4.99 Å². The van der Waals surface area contributed by atoms with E-state index in [0.717, 1.165) is 25.0 Å². The minimum absolute atomic E-state index is 0.968. The van der Waals surface area contributed by atoms with E-state index in [0.29, 0.717) is 0 Å². The van der Waals surface area contributed by atoms with Crippen LogP contribution < -0.4 is 0 Å². The second kappa shape index (κ2) is 5.18. The summed E-state index contributed by atoms with van der Waals surface area (Å²) in [6.07, 6.45) is 1.20. The lowest BCUT2D eigenvalue weighted by Gasteiger charge is -2.23. The van der Waals surface area contributed by atoms with Crippen molar-refractivity contribution in [1.82, 2.24) is 14.7 Å². The van der Waals surface area contributed by atoms with Crippen LogP contribution >= 0.6 is 0 Å².